The average Bonchev–Trinajstić information content (AvgIpc) is 2.63. The number of alkyl carbamates (subject to hydrolysis) is 2. The van der Waals surface area contributed by atoms with E-state index in [2.05, 4.69) is 10.6 Å². The van der Waals surface area contributed by atoms with E-state index >= 15 is 0 Å². The van der Waals surface area contributed by atoms with Gasteiger partial charge in [-0.3, -0.25) is 0 Å². The summed E-state index contributed by atoms with van der Waals surface area (Å²) in [5, 5.41) is 4.92. The van der Waals surface area contributed by atoms with Gasteiger partial charge in [0.15, 0.2) is 0 Å². The molecule has 0 fully saturated rings. The molecule has 0 saturated carbocycles. The highest BCUT2D eigenvalue weighted by molar-refractivity contribution is 5.69. The topological polar surface area (TPSA) is 76.7 Å². The minimum atomic E-state index is -0.585. The monoisotopic (exact) mass is 327 g/mol. The fourth-order valence-electron chi connectivity index (χ4n) is 1.81. The van der Waals surface area contributed by atoms with Gasteiger partial charge in [0.1, 0.15) is 13.2 Å². The molecule has 125 valence electrons. The van der Waals surface area contributed by atoms with Crippen LogP contribution in [0.15, 0.2) is 60.7 Å². The lowest BCUT2D eigenvalue weighted by atomic mass is 10.2. The molecule has 0 aliphatic heterocycles. The summed E-state index contributed by atoms with van der Waals surface area (Å²) in [5.74, 6) is 0. The normalized spacial score (nSPS) is 9.83. The van der Waals surface area contributed by atoms with E-state index < -0.39 is 12.2 Å². The molecule has 0 bridgehead atoms. The third kappa shape index (κ3) is 6.83. The fraction of sp³-hybridized carbons (Fsp3) is 0.167. The van der Waals surface area contributed by atoms with Crippen molar-refractivity contribution in [1.29, 1.82) is 0 Å². The maximum Gasteiger partial charge on any atom is 0.407 e. The van der Waals surface area contributed by atoms with Gasteiger partial charge in [0, 0.05) is 6.54 Å². The Morgan fingerprint density at radius 1 is 0.792 bits per heavy atom. The van der Waals surface area contributed by atoms with Crippen molar-refractivity contribution in [3.8, 4) is 0 Å². The lowest BCUT2D eigenvalue weighted by molar-refractivity contribution is 0.137. The molecule has 2 aromatic rings. The number of rotatable bonds is 7. The molecule has 0 aromatic heterocycles. The first-order valence-corrected chi connectivity index (χ1v) is 7.47. The molecule has 0 saturated heterocycles. The third-order valence-electron chi connectivity index (χ3n) is 2.99. The first-order valence-electron chi connectivity index (χ1n) is 7.47. The fourth-order valence-corrected chi connectivity index (χ4v) is 1.81. The van der Waals surface area contributed by atoms with E-state index in [1.165, 1.54) is 6.54 Å². The van der Waals surface area contributed by atoms with Gasteiger partial charge in [0.2, 0.25) is 0 Å². The zero-order valence-electron chi connectivity index (χ0n) is 13.1. The largest absolute Gasteiger partial charge is 0.445 e. The molecule has 24 heavy (non-hydrogen) atoms. The van der Waals surface area contributed by atoms with Crippen LogP contribution < -0.4 is 10.6 Å². The quantitative estimate of drug-likeness (QED) is 0.767. The van der Waals surface area contributed by atoms with Crippen molar-refractivity contribution in [3.63, 3.8) is 0 Å². The second kappa shape index (κ2) is 9.89. The van der Waals surface area contributed by atoms with Crippen LogP contribution in [0.2, 0.25) is 0 Å². The van der Waals surface area contributed by atoms with Crippen molar-refractivity contribution in [2.75, 3.05) is 6.54 Å². The number of hydrogen-bond acceptors (Lipinski definition) is 4. The lowest BCUT2D eigenvalue weighted by Crippen LogP contribution is -2.31. The van der Waals surface area contributed by atoms with Gasteiger partial charge in [-0.1, -0.05) is 60.7 Å². The van der Waals surface area contributed by atoms with Gasteiger partial charge in [-0.05, 0) is 11.1 Å². The van der Waals surface area contributed by atoms with E-state index in [1.807, 2.05) is 60.7 Å². The number of carbonyl (C=O) groups excluding carboxylic acids is 2. The van der Waals surface area contributed by atoms with Crippen LogP contribution in [0.4, 0.5) is 9.59 Å². The van der Waals surface area contributed by atoms with Gasteiger partial charge < -0.3 is 20.1 Å². The summed E-state index contributed by atoms with van der Waals surface area (Å²) in [6.45, 7) is 1.90. The summed E-state index contributed by atoms with van der Waals surface area (Å²) in [5.41, 5.74) is 1.80. The van der Waals surface area contributed by atoms with Crippen molar-refractivity contribution in [1.82, 2.24) is 10.6 Å². The molecule has 2 amide bonds. The molecule has 2 aromatic carbocycles. The van der Waals surface area contributed by atoms with Crippen LogP contribution in [0.3, 0.4) is 0 Å². The van der Waals surface area contributed by atoms with Crippen molar-refractivity contribution >= 4 is 12.2 Å². The van der Waals surface area contributed by atoms with E-state index in [9.17, 15) is 9.59 Å². The molecule has 0 aliphatic carbocycles. The predicted molar refractivity (Wildman–Crippen MR) is 88.7 cm³/mol. The first kappa shape index (κ1) is 17.3. The highest BCUT2D eigenvalue weighted by Gasteiger charge is 2.04. The second-order valence-corrected chi connectivity index (χ2v) is 4.85. The molecule has 0 unspecified atom stereocenters. The molecule has 2 rings (SSSR count). The summed E-state index contributed by atoms with van der Waals surface area (Å²) < 4.78 is 10.0. The molecule has 0 atom stereocenters. The standard InChI is InChI=1S/C18H19N2O4/c21-17(23-13-15-7-3-1-4-8-15)19-11-12-20-18(22)24-14-16-9-5-2-6-10-16/h1-11H,12-14H2,(H,19,21)(H,20,22). The molecule has 2 N–H and O–H groups in total. The summed E-state index contributed by atoms with van der Waals surface area (Å²) in [4.78, 5) is 22.9. The Morgan fingerprint density at radius 2 is 1.29 bits per heavy atom. The van der Waals surface area contributed by atoms with E-state index in [0.29, 0.717) is 0 Å². The molecule has 0 heterocycles. The lowest BCUT2D eigenvalue weighted by Gasteiger charge is -2.08. The van der Waals surface area contributed by atoms with E-state index in [4.69, 9.17) is 9.47 Å². The Labute approximate surface area is 140 Å². The van der Waals surface area contributed by atoms with E-state index in [-0.39, 0.29) is 19.8 Å². The Balaban J connectivity index is 1.52. The smallest absolute Gasteiger partial charge is 0.407 e. The number of carbonyl (C=O) groups is 2. The van der Waals surface area contributed by atoms with Gasteiger partial charge in [0.25, 0.3) is 0 Å². The van der Waals surface area contributed by atoms with Crippen molar-refractivity contribution in [3.05, 3.63) is 78.3 Å². The summed E-state index contributed by atoms with van der Waals surface area (Å²) in [6, 6.07) is 18.7. The molecule has 6 nitrogen and oxygen atoms in total. The molecule has 6 heteroatoms. The third-order valence-corrected chi connectivity index (χ3v) is 2.99. The summed E-state index contributed by atoms with van der Waals surface area (Å²) in [6.07, 6.45) is -1.15. The number of amides is 2. The molecule has 0 aliphatic rings. The summed E-state index contributed by atoms with van der Waals surface area (Å²) >= 11 is 0. The van der Waals surface area contributed by atoms with Gasteiger partial charge in [-0.2, -0.15) is 0 Å². The first-order chi connectivity index (χ1) is 11.7. The van der Waals surface area contributed by atoms with Crippen LogP contribution in [0.5, 0.6) is 0 Å². The van der Waals surface area contributed by atoms with Gasteiger partial charge >= 0.3 is 12.2 Å². The van der Waals surface area contributed by atoms with E-state index in [1.54, 1.807) is 0 Å². The van der Waals surface area contributed by atoms with Crippen LogP contribution >= 0.6 is 0 Å². The predicted octanol–water partition coefficient (Wildman–Crippen LogP) is 3.00. The highest BCUT2D eigenvalue weighted by Crippen LogP contribution is 2.01. The zero-order chi connectivity index (χ0) is 17.0. The number of benzene rings is 2. The maximum absolute atomic E-state index is 11.5. The van der Waals surface area contributed by atoms with Crippen LogP contribution in [0, 0.1) is 6.54 Å². The molecule has 1 radical (unpaired) electrons. The average molecular weight is 327 g/mol. The maximum atomic E-state index is 11.5. The molecular weight excluding hydrogens is 308 g/mol. The highest BCUT2D eigenvalue weighted by atomic mass is 16.6. The minimum Gasteiger partial charge on any atom is -0.445 e. The Kier molecular flexibility index (Phi) is 7.14. The zero-order valence-corrected chi connectivity index (χ0v) is 13.1. The Morgan fingerprint density at radius 3 is 1.83 bits per heavy atom. The number of ether oxygens (including phenoxy) is 2. The van der Waals surface area contributed by atoms with Crippen molar-refractivity contribution in [2.45, 2.75) is 13.2 Å². The van der Waals surface area contributed by atoms with Crippen LogP contribution in [-0.2, 0) is 22.7 Å². The summed E-state index contributed by atoms with van der Waals surface area (Å²) in [7, 11) is 0. The molecular formula is C18H19N2O4. The van der Waals surface area contributed by atoms with Gasteiger partial charge in [0.05, 0.1) is 6.54 Å². The Hall–Kier alpha value is -3.02. The van der Waals surface area contributed by atoms with Crippen molar-refractivity contribution in [2.24, 2.45) is 0 Å². The SMILES string of the molecule is O=C(N[CH]CNC(=O)OCc1ccccc1)OCc1ccccc1. The van der Waals surface area contributed by atoms with Crippen LogP contribution in [-0.4, -0.2) is 18.7 Å². The second-order valence-electron chi connectivity index (χ2n) is 4.85. The van der Waals surface area contributed by atoms with Gasteiger partial charge in [-0.25, -0.2) is 9.59 Å². The number of nitrogens with one attached hydrogen (secondary N) is 2. The molecule has 0 spiro atoms. The Bertz CT molecular complexity index is 574. The van der Waals surface area contributed by atoms with Crippen LogP contribution in [0.1, 0.15) is 11.1 Å². The van der Waals surface area contributed by atoms with Crippen LogP contribution in [0.25, 0.3) is 0 Å². The minimum absolute atomic E-state index is 0.133. The van der Waals surface area contributed by atoms with Crippen molar-refractivity contribution < 1.29 is 19.1 Å². The van der Waals surface area contributed by atoms with E-state index in [0.717, 1.165) is 11.1 Å². The van der Waals surface area contributed by atoms with Gasteiger partial charge in [-0.15, -0.1) is 0 Å². The number of hydrogen-bond donors (Lipinski definition) is 2.